The Labute approximate surface area is 104 Å². The fourth-order valence-corrected chi connectivity index (χ4v) is 4.08. The van der Waals surface area contributed by atoms with Crippen LogP contribution >= 0.6 is 23.5 Å². The van der Waals surface area contributed by atoms with Gasteiger partial charge in [-0.2, -0.15) is 0 Å². The van der Waals surface area contributed by atoms with Gasteiger partial charge < -0.3 is 0 Å². The van der Waals surface area contributed by atoms with Gasteiger partial charge in [-0.25, -0.2) is 4.58 Å². The van der Waals surface area contributed by atoms with E-state index < -0.39 is 0 Å². The molecule has 2 heterocycles. The number of hydrogen-bond donors (Lipinski definition) is 0. The van der Waals surface area contributed by atoms with Gasteiger partial charge in [-0.3, -0.25) is 0 Å². The molecule has 90 valence electrons. The molecule has 1 fully saturated rings. The lowest BCUT2D eigenvalue weighted by Gasteiger charge is -2.14. The van der Waals surface area contributed by atoms with E-state index in [4.69, 9.17) is 0 Å². The van der Waals surface area contributed by atoms with Crippen molar-refractivity contribution in [2.24, 2.45) is 0 Å². The number of rotatable bonds is 0. The number of fused-ring (bicyclic) bond motifs is 1. The van der Waals surface area contributed by atoms with Crippen LogP contribution in [0.3, 0.4) is 0 Å². The molecule has 2 aliphatic heterocycles. The van der Waals surface area contributed by atoms with Crippen LogP contribution in [0.1, 0.15) is 47.0 Å². The fourth-order valence-electron chi connectivity index (χ4n) is 1.84. The first-order chi connectivity index (χ1) is 7.42. The van der Waals surface area contributed by atoms with Gasteiger partial charge in [0.15, 0.2) is 6.04 Å². The maximum atomic E-state index is 2.61. The average molecular weight is 248 g/mol. The summed E-state index contributed by atoms with van der Waals surface area (Å²) in [7, 11) is 0. The number of hydrogen-bond acceptors (Lipinski definition) is 2. The van der Waals surface area contributed by atoms with Crippen molar-refractivity contribution in [1.29, 1.82) is 0 Å². The minimum absolute atomic E-state index is 0.885. The third-order valence-corrected chi connectivity index (χ3v) is 4.91. The Balaban J connectivity index is 0.000000442. The molecule has 0 spiro atoms. The van der Waals surface area contributed by atoms with Crippen LogP contribution in [0.5, 0.6) is 0 Å². The van der Waals surface area contributed by atoms with Crippen LogP contribution in [0.25, 0.3) is 0 Å². The molecule has 1 unspecified atom stereocenters. The van der Waals surface area contributed by atoms with E-state index in [1.807, 2.05) is 39.5 Å². The van der Waals surface area contributed by atoms with Gasteiger partial charge in [-0.1, -0.05) is 39.5 Å². The molecule has 0 aliphatic carbocycles. The summed E-state index contributed by atoms with van der Waals surface area (Å²) >= 11 is 3.98. The van der Waals surface area contributed by atoms with Gasteiger partial charge in [-0.15, -0.1) is 0 Å². The minimum Gasteiger partial charge on any atom is -0.215 e. The van der Waals surface area contributed by atoms with Crippen molar-refractivity contribution in [3.05, 3.63) is 0 Å². The van der Waals surface area contributed by atoms with E-state index in [1.165, 1.54) is 31.6 Å². The molecule has 15 heavy (non-hydrogen) atoms. The third kappa shape index (κ3) is 4.39. The van der Waals surface area contributed by atoms with Crippen LogP contribution in [0.4, 0.5) is 0 Å². The number of nitrogens with zero attached hydrogens (tertiary/aromatic N) is 1. The monoisotopic (exact) mass is 248 g/mol. The van der Waals surface area contributed by atoms with Crippen molar-refractivity contribution in [1.82, 2.24) is 0 Å². The van der Waals surface area contributed by atoms with Crippen LogP contribution in [0, 0.1) is 0 Å². The second-order valence-electron chi connectivity index (χ2n) is 3.12. The number of thioether (sulfide) groups is 2. The predicted octanol–water partition coefficient (Wildman–Crippen LogP) is 4.07. The topological polar surface area (TPSA) is 3.01 Å². The van der Waals surface area contributed by atoms with Crippen molar-refractivity contribution in [3.8, 4) is 0 Å². The first-order valence-electron chi connectivity index (χ1n) is 6.22. The molecule has 0 saturated carbocycles. The summed E-state index contributed by atoms with van der Waals surface area (Å²) in [5, 5.41) is 0. The summed E-state index contributed by atoms with van der Waals surface area (Å²) in [6, 6.07) is 0.885. The molecule has 0 N–H and O–H groups in total. The van der Waals surface area contributed by atoms with Crippen LogP contribution < -0.4 is 0 Å². The molecule has 3 heteroatoms. The smallest absolute Gasteiger partial charge is 0.215 e. The van der Waals surface area contributed by atoms with Crippen molar-refractivity contribution in [2.45, 2.75) is 53.0 Å². The Bertz CT molecular complexity index is 190. The van der Waals surface area contributed by atoms with Gasteiger partial charge in [0, 0.05) is 12.8 Å². The third-order valence-electron chi connectivity index (χ3n) is 2.44. The minimum atomic E-state index is 0.885. The molecule has 0 bridgehead atoms. The van der Waals surface area contributed by atoms with Gasteiger partial charge in [0.2, 0.25) is 0 Å². The lowest BCUT2D eigenvalue weighted by Crippen LogP contribution is -2.30. The second-order valence-corrected chi connectivity index (χ2v) is 5.19. The molecule has 0 aromatic rings. The largest absolute Gasteiger partial charge is 0.270 e. The molecule has 2 rings (SSSR count). The van der Waals surface area contributed by atoms with E-state index in [9.17, 15) is 0 Å². The summed E-state index contributed by atoms with van der Waals surface area (Å²) in [5.41, 5.74) is 0. The van der Waals surface area contributed by atoms with Gasteiger partial charge in [0.1, 0.15) is 6.54 Å². The molecule has 0 amide bonds. The van der Waals surface area contributed by atoms with Crippen molar-refractivity contribution in [2.75, 3.05) is 18.6 Å². The van der Waals surface area contributed by atoms with Crippen LogP contribution in [0.15, 0.2) is 0 Å². The molecule has 0 aromatic carbocycles. The van der Waals surface area contributed by atoms with E-state index in [1.54, 1.807) is 4.38 Å². The SMILES string of the molecule is CC.CC.CSC1=[N+]2CCCCC2CS1. The normalized spacial score (nSPS) is 23.4. The molecule has 0 radical (unpaired) electrons. The Kier molecular flexibility index (Phi) is 9.82. The van der Waals surface area contributed by atoms with E-state index in [0.717, 1.165) is 6.04 Å². The summed E-state index contributed by atoms with van der Waals surface area (Å²) in [6.45, 7) is 9.31. The second kappa shape index (κ2) is 9.59. The first kappa shape index (κ1) is 15.4. The maximum Gasteiger partial charge on any atom is 0.270 e. The highest BCUT2D eigenvalue weighted by atomic mass is 32.2. The van der Waals surface area contributed by atoms with E-state index in [2.05, 4.69) is 22.6 Å². The van der Waals surface area contributed by atoms with Crippen molar-refractivity contribution in [3.63, 3.8) is 0 Å². The van der Waals surface area contributed by atoms with Gasteiger partial charge >= 0.3 is 0 Å². The van der Waals surface area contributed by atoms with Crippen LogP contribution in [0.2, 0.25) is 0 Å². The molecular weight excluding hydrogens is 222 g/mol. The van der Waals surface area contributed by atoms with Crippen molar-refractivity contribution >= 4 is 27.9 Å². The predicted molar refractivity (Wildman–Crippen MR) is 76.4 cm³/mol. The molecular formula is C12H26NS2+. The summed E-state index contributed by atoms with van der Waals surface area (Å²) in [4.78, 5) is 0. The van der Waals surface area contributed by atoms with E-state index in [-0.39, 0.29) is 0 Å². The zero-order valence-corrected chi connectivity index (χ0v) is 12.5. The first-order valence-corrected chi connectivity index (χ1v) is 8.43. The lowest BCUT2D eigenvalue weighted by atomic mass is 10.1. The zero-order valence-electron chi connectivity index (χ0n) is 10.9. The molecule has 1 saturated heterocycles. The Morgan fingerprint density at radius 3 is 2.47 bits per heavy atom. The quantitative estimate of drug-likeness (QED) is 0.594. The average Bonchev–Trinajstić information content (AvgIpc) is 2.77. The van der Waals surface area contributed by atoms with E-state index in [0.29, 0.717) is 0 Å². The van der Waals surface area contributed by atoms with E-state index >= 15 is 0 Å². The zero-order chi connectivity index (χ0) is 11.7. The Morgan fingerprint density at radius 2 is 1.87 bits per heavy atom. The summed E-state index contributed by atoms with van der Waals surface area (Å²) < 4.78 is 4.17. The summed E-state index contributed by atoms with van der Waals surface area (Å²) in [5.74, 6) is 1.34. The number of piperidine rings is 1. The lowest BCUT2D eigenvalue weighted by molar-refractivity contribution is -0.563. The van der Waals surface area contributed by atoms with Crippen LogP contribution in [-0.2, 0) is 0 Å². The maximum absolute atomic E-state index is 2.61. The summed E-state index contributed by atoms with van der Waals surface area (Å²) in [6.07, 6.45) is 6.47. The van der Waals surface area contributed by atoms with Crippen molar-refractivity contribution < 1.29 is 4.58 Å². The molecule has 1 nitrogen and oxygen atoms in total. The molecule has 2 aliphatic rings. The Morgan fingerprint density at radius 1 is 1.20 bits per heavy atom. The van der Waals surface area contributed by atoms with Gasteiger partial charge in [0.05, 0.1) is 5.75 Å². The highest BCUT2D eigenvalue weighted by molar-refractivity contribution is 8.38. The molecule has 0 aromatic heterocycles. The Hall–Kier alpha value is 0.370. The fraction of sp³-hybridized carbons (Fsp3) is 0.917. The standard InChI is InChI=1S/C8H14NS2.2C2H6/c1-10-8-9-5-3-2-4-7(9)6-11-8;2*1-2/h7H,2-6H2,1H3;2*1-2H3/q+1;;. The highest BCUT2D eigenvalue weighted by Gasteiger charge is 2.34. The molecule has 1 atom stereocenters. The van der Waals surface area contributed by atoms with Gasteiger partial charge in [-0.05, 0) is 24.4 Å². The van der Waals surface area contributed by atoms with Crippen LogP contribution in [-0.4, -0.2) is 33.5 Å². The highest BCUT2D eigenvalue weighted by Crippen LogP contribution is 2.29. The van der Waals surface area contributed by atoms with Gasteiger partial charge in [0.25, 0.3) is 4.38 Å².